The van der Waals surface area contributed by atoms with Crippen molar-refractivity contribution in [2.75, 3.05) is 6.61 Å². The molecule has 0 radical (unpaired) electrons. The second kappa shape index (κ2) is 8.26. The summed E-state index contributed by atoms with van der Waals surface area (Å²) < 4.78 is 4.84. The van der Waals surface area contributed by atoms with Crippen molar-refractivity contribution in [3.05, 3.63) is 30.1 Å². The summed E-state index contributed by atoms with van der Waals surface area (Å²) in [6.45, 7) is 1.58. The van der Waals surface area contributed by atoms with Crippen molar-refractivity contribution < 1.29 is 19.1 Å². The van der Waals surface area contributed by atoms with Gasteiger partial charge >= 0.3 is 12.0 Å². The number of carbonyl (C=O) groups is 3. The van der Waals surface area contributed by atoms with E-state index in [9.17, 15) is 14.4 Å². The van der Waals surface area contributed by atoms with Gasteiger partial charge in [-0.2, -0.15) is 0 Å². The number of hydrogen-bond donors (Lipinski definition) is 2. The molecule has 7 heteroatoms. The molecule has 1 saturated carbocycles. The van der Waals surface area contributed by atoms with Crippen LogP contribution in [0.3, 0.4) is 0 Å². The normalized spacial score (nSPS) is 20.4. The minimum absolute atomic E-state index is 0.0796. The highest BCUT2D eigenvalue weighted by atomic mass is 16.5. The molecular weight excluding hydrogens is 298 g/mol. The number of amides is 3. The fourth-order valence-corrected chi connectivity index (χ4v) is 2.60. The van der Waals surface area contributed by atoms with Gasteiger partial charge in [-0.25, -0.2) is 9.59 Å². The standard InChI is InChI=1S/C16H21N3O4/c1-11-4-2-3-5-13(11)18-16(22)19-14(20)10-23-15(21)12-6-8-17-9-7-12/h6-9,11,13H,2-5,10H2,1H3,(H2,18,19,20,22)/t11-,13+/m1/s1. The number of esters is 1. The molecular formula is C16H21N3O4. The lowest BCUT2D eigenvalue weighted by molar-refractivity contribution is -0.123. The number of imide groups is 1. The van der Waals surface area contributed by atoms with Crippen molar-refractivity contribution >= 4 is 17.9 Å². The number of aromatic nitrogens is 1. The van der Waals surface area contributed by atoms with E-state index >= 15 is 0 Å². The Morgan fingerprint density at radius 2 is 1.91 bits per heavy atom. The monoisotopic (exact) mass is 319 g/mol. The maximum absolute atomic E-state index is 11.8. The highest BCUT2D eigenvalue weighted by Gasteiger charge is 2.23. The average Bonchev–Trinajstić information content (AvgIpc) is 2.55. The molecule has 1 aliphatic carbocycles. The lowest BCUT2D eigenvalue weighted by Crippen LogP contribution is -2.48. The summed E-state index contributed by atoms with van der Waals surface area (Å²) in [7, 11) is 0. The first kappa shape index (κ1) is 16.9. The number of carbonyl (C=O) groups excluding carboxylic acids is 3. The minimum atomic E-state index is -0.659. The zero-order valence-corrected chi connectivity index (χ0v) is 13.1. The van der Waals surface area contributed by atoms with Gasteiger partial charge in [0.15, 0.2) is 6.61 Å². The molecule has 1 aromatic heterocycles. The number of hydrogen-bond acceptors (Lipinski definition) is 5. The molecule has 0 bridgehead atoms. The molecule has 2 atom stereocenters. The van der Waals surface area contributed by atoms with Crippen LogP contribution in [0.4, 0.5) is 4.79 Å². The first-order valence-electron chi connectivity index (χ1n) is 7.73. The van der Waals surface area contributed by atoms with Crippen molar-refractivity contribution in [1.82, 2.24) is 15.6 Å². The Balaban J connectivity index is 1.71. The lowest BCUT2D eigenvalue weighted by atomic mass is 9.86. The topological polar surface area (TPSA) is 97.4 Å². The zero-order chi connectivity index (χ0) is 16.7. The summed E-state index contributed by atoms with van der Waals surface area (Å²) in [4.78, 5) is 38.9. The number of pyridine rings is 1. The first-order valence-corrected chi connectivity index (χ1v) is 7.73. The predicted molar refractivity (Wildman–Crippen MR) is 82.6 cm³/mol. The Hall–Kier alpha value is -2.44. The summed E-state index contributed by atoms with van der Waals surface area (Å²) in [6, 6.07) is 2.50. The second-order valence-corrected chi connectivity index (χ2v) is 5.70. The third-order valence-corrected chi connectivity index (χ3v) is 3.93. The number of nitrogens with one attached hydrogen (secondary N) is 2. The molecule has 0 spiro atoms. The number of ether oxygens (including phenoxy) is 1. The maximum atomic E-state index is 11.8. The summed E-state index contributed by atoms with van der Waals surface area (Å²) >= 11 is 0. The summed E-state index contributed by atoms with van der Waals surface area (Å²) in [5.74, 6) is -0.897. The van der Waals surface area contributed by atoms with Crippen LogP contribution in [0.5, 0.6) is 0 Å². The molecule has 23 heavy (non-hydrogen) atoms. The van der Waals surface area contributed by atoms with Crippen molar-refractivity contribution in [3.8, 4) is 0 Å². The molecule has 0 saturated heterocycles. The summed E-state index contributed by atoms with van der Waals surface area (Å²) in [6.07, 6.45) is 7.14. The number of rotatable bonds is 4. The zero-order valence-electron chi connectivity index (χ0n) is 13.1. The molecule has 124 valence electrons. The van der Waals surface area contributed by atoms with E-state index < -0.39 is 24.5 Å². The minimum Gasteiger partial charge on any atom is -0.452 e. The average molecular weight is 319 g/mol. The fraction of sp³-hybridized carbons (Fsp3) is 0.500. The molecule has 2 rings (SSSR count). The Bertz CT molecular complexity index is 562. The van der Waals surface area contributed by atoms with Crippen LogP contribution in [0, 0.1) is 5.92 Å². The van der Waals surface area contributed by atoms with E-state index in [-0.39, 0.29) is 6.04 Å². The molecule has 3 amide bonds. The SMILES string of the molecule is C[C@@H]1CCCC[C@@H]1NC(=O)NC(=O)COC(=O)c1ccncc1. The molecule has 0 aliphatic heterocycles. The van der Waals surface area contributed by atoms with Gasteiger partial charge in [-0.1, -0.05) is 19.8 Å². The largest absolute Gasteiger partial charge is 0.452 e. The van der Waals surface area contributed by atoms with E-state index in [0.29, 0.717) is 11.5 Å². The lowest BCUT2D eigenvalue weighted by Gasteiger charge is -2.29. The Labute approximate surface area is 134 Å². The molecule has 0 unspecified atom stereocenters. The van der Waals surface area contributed by atoms with Gasteiger partial charge in [0.1, 0.15) is 0 Å². The van der Waals surface area contributed by atoms with E-state index in [4.69, 9.17) is 4.74 Å². The molecule has 7 nitrogen and oxygen atoms in total. The van der Waals surface area contributed by atoms with E-state index in [1.807, 2.05) is 0 Å². The van der Waals surface area contributed by atoms with Crippen LogP contribution in [0.15, 0.2) is 24.5 Å². The van der Waals surface area contributed by atoms with Gasteiger partial charge < -0.3 is 10.1 Å². The van der Waals surface area contributed by atoms with Crippen LogP contribution < -0.4 is 10.6 Å². The van der Waals surface area contributed by atoms with Gasteiger partial charge in [-0.15, -0.1) is 0 Å². The van der Waals surface area contributed by atoms with Crippen LogP contribution in [-0.4, -0.2) is 35.5 Å². The smallest absolute Gasteiger partial charge is 0.338 e. The molecule has 1 heterocycles. The molecule has 1 fully saturated rings. The second-order valence-electron chi connectivity index (χ2n) is 5.70. The van der Waals surface area contributed by atoms with Crippen LogP contribution in [0.1, 0.15) is 43.0 Å². The highest BCUT2D eigenvalue weighted by molar-refractivity contribution is 5.97. The fourth-order valence-electron chi connectivity index (χ4n) is 2.60. The van der Waals surface area contributed by atoms with Gasteiger partial charge in [0.05, 0.1) is 5.56 Å². The van der Waals surface area contributed by atoms with Gasteiger partial charge in [0, 0.05) is 18.4 Å². The Morgan fingerprint density at radius 3 is 2.61 bits per heavy atom. The van der Waals surface area contributed by atoms with Crippen LogP contribution in [0.2, 0.25) is 0 Å². The van der Waals surface area contributed by atoms with Gasteiger partial charge in [-0.05, 0) is 30.9 Å². The van der Waals surface area contributed by atoms with Crippen molar-refractivity contribution in [1.29, 1.82) is 0 Å². The summed E-state index contributed by atoms with van der Waals surface area (Å²) in [5, 5.41) is 4.98. The Kier molecular flexibility index (Phi) is 6.08. The molecule has 0 aromatic carbocycles. The van der Waals surface area contributed by atoms with E-state index in [2.05, 4.69) is 22.5 Å². The van der Waals surface area contributed by atoms with Gasteiger partial charge in [-0.3, -0.25) is 15.1 Å². The van der Waals surface area contributed by atoms with Gasteiger partial charge in [0.2, 0.25) is 0 Å². The molecule has 1 aliphatic rings. The van der Waals surface area contributed by atoms with E-state index in [0.717, 1.165) is 19.3 Å². The van der Waals surface area contributed by atoms with Gasteiger partial charge in [0.25, 0.3) is 5.91 Å². The highest BCUT2D eigenvalue weighted by Crippen LogP contribution is 2.23. The number of urea groups is 1. The molecule has 2 N–H and O–H groups in total. The summed E-state index contributed by atoms with van der Waals surface area (Å²) in [5.41, 5.74) is 0.299. The van der Waals surface area contributed by atoms with Crippen LogP contribution >= 0.6 is 0 Å². The van der Waals surface area contributed by atoms with Crippen molar-refractivity contribution in [2.24, 2.45) is 5.92 Å². The maximum Gasteiger partial charge on any atom is 0.338 e. The van der Waals surface area contributed by atoms with Crippen LogP contribution in [0.25, 0.3) is 0 Å². The van der Waals surface area contributed by atoms with E-state index in [1.54, 1.807) is 0 Å². The first-order chi connectivity index (χ1) is 11.1. The molecule has 1 aromatic rings. The Morgan fingerprint density at radius 1 is 1.22 bits per heavy atom. The third-order valence-electron chi connectivity index (χ3n) is 3.93. The van der Waals surface area contributed by atoms with Crippen molar-refractivity contribution in [2.45, 2.75) is 38.6 Å². The predicted octanol–water partition coefficient (Wildman–Crippen LogP) is 1.64. The van der Waals surface area contributed by atoms with Crippen molar-refractivity contribution in [3.63, 3.8) is 0 Å². The third kappa shape index (κ3) is 5.36. The quantitative estimate of drug-likeness (QED) is 0.822. The van der Waals surface area contributed by atoms with E-state index in [1.165, 1.54) is 30.9 Å². The van der Waals surface area contributed by atoms with Crippen LogP contribution in [-0.2, 0) is 9.53 Å². The number of nitrogens with zero attached hydrogens (tertiary/aromatic N) is 1.